The summed E-state index contributed by atoms with van der Waals surface area (Å²) in [5.41, 5.74) is 2.20. The van der Waals surface area contributed by atoms with Gasteiger partial charge in [0.2, 0.25) is 5.91 Å². The number of benzene rings is 2. The first kappa shape index (κ1) is 21.5. The Balaban J connectivity index is 1.63. The van der Waals surface area contributed by atoms with E-state index in [0.29, 0.717) is 6.42 Å². The number of hydrogen-bond acceptors (Lipinski definition) is 3. The molecule has 7 heteroatoms. The average molecular weight is 441 g/mol. The van der Waals surface area contributed by atoms with Gasteiger partial charge in [0.05, 0.1) is 22.3 Å². The van der Waals surface area contributed by atoms with Gasteiger partial charge in [0, 0.05) is 23.8 Å². The van der Waals surface area contributed by atoms with Crippen LogP contribution < -0.4 is 10.6 Å². The fraction of sp³-hybridized carbons (Fsp3) is 0.333. The highest BCUT2D eigenvalue weighted by Crippen LogP contribution is 2.41. The third-order valence-corrected chi connectivity index (χ3v) is 5.92. The van der Waals surface area contributed by atoms with Gasteiger partial charge < -0.3 is 5.32 Å². The minimum Gasteiger partial charge on any atom is -0.325 e. The van der Waals surface area contributed by atoms with E-state index >= 15 is 0 Å². The van der Waals surface area contributed by atoms with Gasteiger partial charge in [0.15, 0.2) is 0 Å². The summed E-state index contributed by atoms with van der Waals surface area (Å²) in [5, 5.41) is 11.2. The van der Waals surface area contributed by atoms with Gasteiger partial charge >= 0.3 is 0 Å². The number of para-hydroxylation sites is 1. The maximum absolute atomic E-state index is 14.2. The lowest BCUT2D eigenvalue weighted by atomic mass is 9.90. The van der Waals surface area contributed by atoms with Crippen molar-refractivity contribution in [2.75, 3.05) is 5.32 Å². The van der Waals surface area contributed by atoms with Gasteiger partial charge in [0.25, 0.3) is 0 Å². The van der Waals surface area contributed by atoms with Crippen LogP contribution in [-0.2, 0) is 10.3 Å². The van der Waals surface area contributed by atoms with E-state index in [9.17, 15) is 9.18 Å². The lowest BCUT2D eigenvalue weighted by Gasteiger charge is -2.21. The molecular weight excluding hydrogens is 415 g/mol. The second kappa shape index (κ2) is 8.44. The van der Waals surface area contributed by atoms with Crippen molar-refractivity contribution in [1.29, 1.82) is 0 Å². The Labute approximate surface area is 186 Å². The first-order chi connectivity index (χ1) is 14.7. The Morgan fingerprint density at radius 3 is 2.58 bits per heavy atom. The molecule has 31 heavy (non-hydrogen) atoms. The van der Waals surface area contributed by atoms with Crippen molar-refractivity contribution in [3.05, 3.63) is 82.9 Å². The van der Waals surface area contributed by atoms with Gasteiger partial charge in [-0.2, -0.15) is 5.10 Å². The van der Waals surface area contributed by atoms with E-state index in [4.69, 9.17) is 16.7 Å². The van der Waals surface area contributed by atoms with Crippen LogP contribution in [0.15, 0.2) is 60.8 Å². The number of halogens is 2. The molecule has 1 saturated heterocycles. The van der Waals surface area contributed by atoms with Gasteiger partial charge in [-0.25, -0.2) is 4.39 Å². The van der Waals surface area contributed by atoms with Crippen LogP contribution in [0.25, 0.3) is 0 Å². The number of carbonyl (C=O) groups is 1. The van der Waals surface area contributed by atoms with Crippen molar-refractivity contribution in [2.24, 2.45) is 0 Å². The Bertz CT molecular complexity index is 1080. The van der Waals surface area contributed by atoms with E-state index in [1.54, 1.807) is 12.1 Å². The summed E-state index contributed by atoms with van der Waals surface area (Å²) < 4.78 is 16.1. The van der Waals surface area contributed by atoms with Gasteiger partial charge in [-0.1, -0.05) is 35.9 Å². The first-order valence-corrected chi connectivity index (χ1v) is 10.7. The zero-order valence-electron chi connectivity index (χ0n) is 17.8. The number of nitrogens with zero attached hydrogens (tertiary/aromatic N) is 2. The molecule has 2 heterocycles. The quantitative estimate of drug-likeness (QED) is 0.582. The predicted molar refractivity (Wildman–Crippen MR) is 121 cm³/mol. The number of rotatable bonds is 4. The monoisotopic (exact) mass is 440 g/mol. The Hall–Kier alpha value is -2.70. The summed E-state index contributed by atoms with van der Waals surface area (Å²) in [4.78, 5) is 13.0. The molecule has 0 unspecified atom stereocenters. The molecule has 4 rings (SSSR count). The number of amides is 1. The van der Waals surface area contributed by atoms with Crippen LogP contribution in [0.4, 0.5) is 10.1 Å². The van der Waals surface area contributed by atoms with Crippen molar-refractivity contribution in [3.8, 4) is 0 Å². The molecule has 1 aromatic heterocycles. The molecule has 3 atom stereocenters. The highest BCUT2D eigenvalue weighted by Gasteiger charge is 2.40. The molecule has 162 valence electrons. The minimum absolute atomic E-state index is 0.0775. The topological polar surface area (TPSA) is 59.0 Å². The molecule has 2 aromatic carbocycles. The summed E-state index contributed by atoms with van der Waals surface area (Å²) in [5.74, 6) is -0.684. The van der Waals surface area contributed by atoms with Crippen LogP contribution in [0.5, 0.6) is 0 Å². The maximum Gasteiger partial charge on any atom is 0.241 e. The van der Waals surface area contributed by atoms with Crippen LogP contribution in [0.3, 0.4) is 0 Å². The molecular formula is C24H26ClFN4O. The smallest absolute Gasteiger partial charge is 0.241 e. The Kier molecular flexibility index (Phi) is 5.86. The number of anilines is 1. The molecule has 1 aliphatic heterocycles. The third-order valence-electron chi connectivity index (χ3n) is 5.61. The molecule has 5 nitrogen and oxygen atoms in total. The SMILES string of the molecule is CC(C)(C)n1ccc([C@@H]2C[C@@H](C(=O)Nc3ccccc3)N[C@H]2c2ccc(Cl)c(F)c2)n1. The molecule has 1 amide bonds. The summed E-state index contributed by atoms with van der Waals surface area (Å²) >= 11 is 5.89. The maximum atomic E-state index is 14.2. The predicted octanol–water partition coefficient (Wildman–Crippen LogP) is 5.26. The van der Waals surface area contributed by atoms with E-state index in [0.717, 1.165) is 16.9 Å². The van der Waals surface area contributed by atoms with Crippen molar-refractivity contribution in [1.82, 2.24) is 15.1 Å². The normalized spacial score (nSPS) is 21.3. The number of aromatic nitrogens is 2. The first-order valence-electron chi connectivity index (χ1n) is 10.4. The second-order valence-corrected chi connectivity index (χ2v) is 9.33. The molecule has 0 aliphatic carbocycles. The third kappa shape index (κ3) is 4.65. The van der Waals surface area contributed by atoms with Gasteiger partial charge in [-0.15, -0.1) is 0 Å². The summed E-state index contributed by atoms with van der Waals surface area (Å²) in [6, 6.07) is 15.4. The van der Waals surface area contributed by atoms with E-state index in [2.05, 4.69) is 31.4 Å². The zero-order chi connectivity index (χ0) is 22.2. The highest BCUT2D eigenvalue weighted by molar-refractivity contribution is 6.30. The number of nitrogens with one attached hydrogen (secondary N) is 2. The van der Waals surface area contributed by atoms with Crippen molar-refractivity contribution in [2.45, 2.75) is 50.7 Å². The molecule has 0 radical (unpaired) electrons. The highest BCUT2D eigenvalue weighted by atomic mass is 35.5. The average Bonchev–Trinajstić information content (AvgIpc) is 3.38. The van der Waals surface area contributed by atoms with Crippen LogP contribution in [0.1, 0.15) is 50.4 Å². The summed E-state index contributed by atoms with van der Waals surface area (Å²) in [7, 11) is 0. The van der Waals surface area contributed by atoms with Crippen molar-refractivity contribution in [3.63, 3.8) is 0 Å². The van der Waals surface area contributed by atoms with Crippen molar-refractivity contribution < 1.29 is 9.18 Å². The van der Waals surface area contributed by atoms with Gasteiger partial charge in [-0.05, 0) is 63.1 Å². The van der Waals surface area contributed by atoms with E-state index in [-0.39, 0.29) is 28.4 Å². The van der Waals surface area contributed by atoms with Gasteiger partial charge in [-0.3, -0.25) is 14.8 Å². The molecule has 1 fully saturated rings. The lowest BCUT2D eigenvalue weighted by Crippen LogP contribution is -2.36. The van der Waals surface area contributed by atoms with Crippen LogP contribution in [0, 0.1) is 5.82 Å². The van der Waals surface area contributed by atoms with E-state index in [1.165, 1.54) is 6.07 Å². The molecule has 1 aliphatic rings. The zero-order valence-corrected chi connectivity index (χ0v) is 18.5. The number of carbonyl (C=O) groups excluding carboxylic acids is 1. The van der Waals surface area contributed by atoms with Crippen LogP contribution >= 0.6 is 11.6 Å². The molecule has 2 N–H and O–H groups in total. The standard InChI is InChI=1S/C24H26ClFN4O/c1-24(2,3)30-12-11-20(29-30)17-14-21(23(31)27-16-7-5-4-6-8-16)28-22(17)15-9-10-18(25)19(26)13-15/h4-13,17,21-22,28H,14H2,1-3H3,(H,27,31)/t17-,21-,22-/m0/s1. The Morgan fingerprint density at radius 2 is 1.94 bits per heavy atom. The second-order valence-electron chi connectivity index (χ2n) is 8.92. The van der Waals surface area contributed by atoms with Gasteiger partial charge in [0.1, 0.15) is 5.82 Å². The fourth-order valence-electron chi connectivity index (χ4n) is 3.96. The fourth-order valence-corrected chi connectivity index (χ4v) is 4.08. The van der Waals surface area contributed by atoms with Crippen LogP contribution in [-0.4, -0.2) is 21.7 Å². The largest absolute Gasteiger partial charge is 0.325 e. The Morgan fingerprint density at radius 1 is 1.19 bits per heavy atom. The van der Waals surface area contributed by atoms with E-state index < -0.39 is 11.9 Å². The molecule has 0 spiro atoms. The molecule has 0 saturated carbocycles. The molecule has 0 bridgehead atoms. The van der Waals surface area contributed by atoms with E-state index in [1.807, 2.05) is 47.3 Å². The minimum atomic E-state index is -0.475. The number of hydrogen-bond donors (Lipinski definition) is 2. The molecule has 3 aromatic rings. The lowest BCUT2D eigenvalue weighted by molar-refractivity contribution is -0.117. The summed E-state index contributed by atoms with van der Waals surface area (Å²) in [6.07, 6.45) is 2.50. The summed E-state index contributed by atoms with van der Waals surface area (Å²) in [6.45, 7) is 6.25. The van der Waals surface area contributed by atoms with Crippen molar-refractivity contribution >= 4 is 23.2 Å². The van der Waals surface area contributed by atoms with Crippen LogP contribution in [0.2, 0.25) is 5.02 Å².